The van der Waals surface area contributed by atoms with Crippen LogP contribution < -0.4 is 0 Å². The Labute approximate surface area is 202 Å². The molecule has 0 spiro atoms. The summed E-state index contributed by atoms with van der Waals surface area (Å²) in [6, 6.07) is 6.33. The van der Waals surface area contributed by atoms with Crippen LogP contribution in [0.2, 0.25) is 0 Å². The van der Waals surface area contributed by atoms with Crippen molar-refractivity contribution in [2.24, 2.45) is 5.41 Å². The van der Waals surface area contributed by atoms with Crippen LogP contribution in [0, 0.1) is 11.2 Å². The zero-order valence-corrected chi connectivity index (χ0v) is 19.3. The van der Waals surface area contributed by atoms with Crippen molar-refractivity contribution < 1.29 is 45.4 Å². The topological polar surface area (TPSA) is 49.8 Å². The molecule has 4 rings (SSSR count). The summed E-state index contributed by atoms with van der Waals surface area (Å²) in [5.74, 6) is -1.34. The van der Waals surface area contributed by atoms with Gasteiger partial charge in [0.05, 0.1) is 35.4 Å². The van der Waals surface area contributed by atoms with E-state index in [0.717, 1.165) is 0 Å². The summed E-state index contributed by atoms with van der Waals surface area (Å²) in [5.41, 5.74) is -3.62. The number of nitrogens with zero attached hydrogens (tertiary/aromatic N) is 1. The van der Waals surface area contributed by atoms with Gasteiger partial charge in [-0.2, -0.15) is 26.3 Å². The maximum Gasteiger partial charge on any atom is 0.416 e. The van der Waals surface area contributed by atoms with E-state index in [1.54, 1.807) is 6.92 Å². The van der Waals surface area contributed by atoms with Gasteiger partial charge in [0.2, 0.25) is 5.91 Å². The van der Waals surface area contributed by atoms with Crippen molar-refractivity contribution in [2.45, 2.75) is 56.8 Å². The summed E-state index contributed by atoms with van der Waals surface area (Å²) < 4.78 is 99.5. The molecular weight excluding hydrogens is 495 g/mol. The Kier molecular flexibility index (Phi) is 6.62. The number of benzene rings is 2. The summed E-state index contributed by atoms with van der Waals surface area (Å²) in [4.78, 5) is 14.5. The number of fused-ring (bicyclic) bond motifs is 1. The largest absolute Gasteiger partial charge is 0.416 e. The third-order valence-electron chi connectivity index (χ3n) is 7.09. The van der Waals surface area contributed by atoms with E-state index in [9.17, 15) is 40.6 Å². The molecule has 2 heterocycles. The van der Waals surface area contributed by atoms with Crippen LogP contribution in [-0.4, -0.2) is 41.2 Å². The third-order valence-corrected chi connectivity index (χ3v) is 7.09. The Balaban J connectivity index is 1.68. The highest BCUT2D eigenvalue weighted by molar-refractivity contribution is 5.86. The van der Waals surface area contributed by atoms with Crippen LogP contribution in [-0.2, 0) is 21.9 Å². The normalized spacial score (nSPS) is 27.4. The molecule has 36 heavy (non-hydrogen) atoms. The molecule has 11 heteroatoms. The van der Waals surface area contributed by atoms with Crippen LogP contribution in [0.3, 0.4) is 0 Å². The van der Waals surface area contributed by atoms with Gasteiger partial charge in [-0.15, -0.1) is 0 Å². The molecule has 0 aliphatic carbocycles. The number of carbonyl (C=O) groups is 1. The smallest absolute Gasteiger partial charge is 0.395 e. The van der Waals surface area contributed by atoms with Crippen LogP contribution in [0.5, 0.6) is 0 Å². The number of aliphatic hydroxyl groups excluding tert-OH is 1. The molecule has 0 saturated carbocycles. The lowest BCUT2D eigenvalue weighted by atomic mass is 9.81. The van der Waals surface area contributed by atoms with Crippen LogP contribution >= 0.6 is 0 Å². The van der Waals surface area contributed by atoms with E-state index in [2.05, 4.69) is 0 Å². The van der Waals surface area contributed by atoms with Crippen LogP contribution in [0.1, 0.15) is 54.5 Å². The summed E-state index contributed by atoms with van der Waals surface area (Å²) >= 11 is 0. The molecule has 0 aromatic heterocycles. The first-order valence-electron chi connectivity index (χ1n) is 11.3. The highest BCUT2D eigenvalue weighted by Crippen LogP contribution is 2.49. The number of hydrogen-bond donors (Lipinski definition) is 1. The molecule has 0 bridgehead atoms. The summed E-state index contributed by atoms with van der Waals surface area (Å²) in [5, 5.41) is 9.78. The van der Waals surface area contributed by atoms with Gasteiger partial charge in [0.15, 0.2) is 0 Å². The predicted molar refractivity (Wildman–Crippen MR) is 114 cm³/mol. The van der Waals surface area contributed by atoms with Crippen LogP contribution in [0.4, 0.5) is 30.7 Å². The second-order valence-corrected chi connectivity index (χ2v) is 9.68. The maximum absolute atomic E-state index is 13.6. The van der Waals surface area contributed by atoms with Gasteiger partial charge < -0.3 is 14.7 Å². The Hall–Kier alpha value is -2.66. The molecule has 2 aliphatic heterocycles. The van der Waals surface area contributed by atoms with Crippen molar-refractivity contribution in [1.82, 2.24) is 4.90 Å². The van der Waals surface area contributed by atoms with Gasteiger partial charge in [0, 0.05) is 18.5 Å². The molecule has 0 radical (unpaired) electrons. The number of ether oxygens (including phenoxy) is 1. The zero-order valence-electron chi connectivity index (χ0n) is 19.3. The second-order valence-electron chi connectivity index (χ2n) is 9.68. The van der Waals surface area contributed by atoms with Crippen molar-refractivity contribution in [3.05, 3.63) is 70.5 Å². The lowest BCUT2D eigenvalue weighted by Crippen LogP contribution is -2.37. The van der Waals surface area contributed by atoms with E-state index >= 15 is 0 Å². The van der Waals surface area contributed by atoms with E-state index in [1.807, 2.05) is 0 Å². The Morgan fingerprint density at radius 3 is 2.11 bits per heavy atom. The average molecular weight is 519 g/mol. The number of rotatable bonds is 5. The standard InChI is InChI=1S/C25H24F7NO3/c1-13(15-7-16(24(27,28)29)9-17(8-15)25(30,31)32)36-20-11-33-19(10-23(2,12-34)22(33)35)21(20)14-3-5-18(26)6-4-14/h3-9,13,19-21,34H,10-12H2,1-2H3/t13-,19+,20+,21+,23?/m1/s1. The Bertz CT molecular complexity index is 1100. The fraction of sp³-hybridized carbons (Fsp3) is 0.480. The fourth-order valence-electron chi connectivity index (χ4n) is 5.19. The van der Waals surface area contributed by atoms with Gasteiger partial charge in [-0.3, -0.25) is 4.79 Å². The van der Waals surface area contributed by atoms with Crippen molar-refractivity contribution in [3.63, 3.8) is 0 Å². The van der Waals surface area contributed by atoms with E-state index < -0.39 is 58.9 Å². The van der Waals surface area contributed by atoms with Crippen LogP contribution in [0.15, 0.2) is 42.5 Å². The molecule has 1 unspecified atom stereocenters. The SMILES string of the molecule is C[C@@H](O[C@H]1CN2C(=O)C(C)(CO)C[C@H]2[C@@H]1c1ccc(F)cc1)c1cc(C(F)(F)F)cc(C(F)(F)F)c1. The number of carbonyl (C=O) groups excluding carboxylic acids is 1. The van der Waals surface area contributed by atoms with Gasteiger partial charge in [0.25, 0.3) is 0 Å². The Morgan fingerprint density at radius 1 is 1.06 bits per heavy atom. The number of aliphatic hydroxyl groups is 1. The van der Waals surface area contributed by atoms with Crippen LogP contribution in [0.25, 0.3) is 0 Å². The minimum absolute atomic E-state index is 0.0244. The van der Waals surface area contributed by atoms with Crippen molar-refractivity contribution in [1.29, 1.82) is 0 Å². The molecule has 2 saturated heterocycles. The molecule has 4 nitrogen and oxygen atoms in total. The molecular formula is C25H24F7NO3. The number of hydrogen-bond acceptors (Lipinski definition) is 3. The molecule has 2 fully saturated rings. The quantitative estimate of drug-likeness (QED) is 0.516. The lowest BCUT2D eigenvalue weighted by molar-refractivity contribution is -0.143. The Morgan fingerprint density at radius 2 is 1.61 bits per heavy atom. The van der Waals surface area contributed by atoms with Gasteiger partial charge in [-0.25, -0.2) is 4.39 Å². The highest BCUT2D eigenvalue weighted by atomic mass is 19.4. The first-order chi connectivity index (χ1) is 16.6. The molecule has 1 N–H and O–H groups in total. The number of halogens is 7. The first-order valence-corrected chi connectivity index (χ1v) is 11.3. The molecule has 2 aromatic rings. The van der Waals surface area contributed by atoms with Gasteiger partial charge in [-0.05, 0) is 61.7 Å². The molecule has 1 amide bonds. The van der Waals surface area contributed by atoms with Gasteiger partial charge in [0.1, 0.15) is 5.82 Å². The van der Waals surface area contributed by atoms with Crippen molar-refractivity contribution in [3.8, 4) is 0 Å². The maximum atomic E-state index is 13.6. The van der Waals surface area contributed by atoms with Gasteiger partial charge in [-0.1, -0.05) is 12.1 Å². The molecule has 5 atom stereocenters. The monoisotopic (exact) mass is 519 g/mol. The lowest BCUT2D eigenvalue weighted by Gasteiger charge is -2.28. The summed E-state index contributed by atoms with van der Waals surface area (Å²) in [6.45, 7) is 2.60. The third kappa shape index (κ3) is 4.82. The van der Waals surface area contributed by atoms with E-state index in [-0.39, 0.29) is 37.1 Å². The fourth-order valence-corrected chi connectivity index (χ4v) is 5.19. The summed E-state index contributed by atoms with van der Waals surface area (Å²) in [6.07, 6.45) is -11.7. The number of alkyl halides is 6. The zero-order chi connectivity index (χ0) is 26.6. The highest BCUT2D eigenvalue weighted by Gasteiger charge is 2.57. The average Bonchev–Trinajstić information content (AvgIpc) is 3.26. The minimum Gasteiger partial charge on any atom is -0.395 e. The van der Waals surface area contributed by atoms with E-state index in [1.165, 1.54) is 36.1 Å². The molecule has 196 valence electrons. The minimum atomic E-state index is -5.00. The predicted octanol–water partition coefficient (Wildman–Crippen LogP) is 5.71. The number of amides is 1. The summed E-state index contributed by atoms with van der Waals surface area (Å²) in [7, 11) is 0. The van der Waals surface area contributed by atoms with Gasteiger partial charge >= 0.3 is 12.4 Å². The van der Waals surface area contributed by atoms with Crippen molar-refractivity contribution in [2.75, 3.05) is 13.2 Å². The molecule has 2 aliphatic rings. The second kappa shape index (κ2) is 9.02. The first kappa shape index (κ1) is 26.4. The van der Waals surface area contributed by atoms with Crippen molar-refractivity contribution >= 4 is 5.91 Å². The molecule has 2 aromatic carbocycles. The van der Waals surface area contributed by atoms with E-state index in [4.69, 9.17) is 4.74 Å². The van der Waals surface area contributed by atoms with E-state index in [0.29, 0.717) is 17.7 Å².